The van der Waals surface area contributed by atoms with Crippen molar-refractivity contribution in [3.63, 3.8) is 0 Å². The van der Waals surface area contributed by atoms with Gasteiger partial charge >= 0.3 is 11.9 Å². The number of nitrogen functional groups attached to an aromatic ring is 1. The van der Waals surface area contributed by atoms with Crippen molar-refractivity contribution in [1.29, 1.82) is 0 Å². The van der Waals surface area contributed by atoms with Crippen molar-refractivity contribution in [2.45, 2.75) is 19.8 Å². The molecule has 0 aromatic heterocycles. The lowest BCUT2D eigenvalue weighted by Crippen LogP contribution is -2.11. The van der Waals surface area contributed by atoms with Gasteiger partial charge in [-0.25, -0.2) is 4.79 Å². The molecule has 0 amide bonds. The maximum atomic E-state index is 11.5. The van der Waals surface area contributed by atoms with E-state index in [1.807, 2.05) is 0 Å². The normalized spacial score (nSPS) is 9.74. The zero-order valence-electron chi connectivity index (χ0n) is 10.8. The molecular formula is C14H17NO4. The smallest absolute Gasteiger partial charge is 0.333 e. The first-order chi connectivity index (χ1) is 8.99. The number of esters is 2. The summed E-state index contributed by atoms with van der Waals surface area (Å²) in [6.07, 6.45) is 0.584. The quantitative estimate of drug-likeness (QED) is 0.279. The number of anilines is 1. The van der Waals surface area contributed by atoms with Crippen molar-refractivity contribution >= 4 is 17.6 Å². The third-order valence-electron chi connectivity index (χ3n) is 2.22. The Kier molecular flexibility index (Phi) is 5.60. The second kappa shape index (κ2) is 7.20. The number of carbonyl (C=O) groups excluding carboxylic acids is 2. The Morgan fingerprint density at radius 2 is 1.89 bits per heavy atom. The van der Waals surface area contributed by atoms with Crippen molar-refractivity contribution in [3.05, 3.63) is 36.4 Å². The predicted molar refractivity (Wildman–Crippen MR) is 71.5 cm³/mol. The van der Waals surface area contributed by atoms with Crippen LogP contribution in [0.15, 0.2) is 36.4 Å². The SMILES string of the molecule is C=C(C)C(=O)OCCCC(=O)Oc1ccc(N)cc1. The Labute approximate surface area is 112 Å². The van der Waals surface area contributed by atoms with Gasteiger partial charge in [-0.05, 0) is 37.6 Å². The Hall–Kier alpha value is -2.30. The van der Waals surface area contributed by atoms with E-state index in [0.29, 0.717) is 23.4 Å². The second-order valence-electron chi connectivity index (χ2n) is 4.06. The van der Waals surface area contributed by atoms with Crippen molar-refractivity contribution < 1.29 is 19.1 Å². The van der Waals surface area contributed by atoms with Crippen LogP contribution in [0, 0.1) is 0 Å². The fourth-order valence-corrected chi connectivity index (χ4v) is 1.22. The number of rotatable bonds is 6. The van der Waals surface area contributed by atoms with Crippen LogP contribution in [0.5, 0.6) is 5.75 Å². The highest BCUT2D eigenvalue weighted by molar-refractivity contribution is 5.86. The number of nitrogens with two attached hydrogens (primary N) is 1. The van der Waals surface area contributed by atoms with E-state index in [1.54, 1.807) is 31.2 Å². The Morgan fingerprint density at radius 3 is 2.47 bits per heavy atom. The van der Waals surface area contributed by atoms with Crippen molar-refractivity contribution in [2.24, 2.45) is 0 Å². The maximum absolute atomic E-state index is 11.5. The van der Waals surface area contributed by atoms with Crippen LogP contribution in [0.1, 0.15) is 19.8 Å². The number of ether oxygens (including phenoxy) is 2. The predicted octanol–water partition coefficient (Wildman–Crippen LogP) is 2.07. The molecule has 5 heteroatoms. The second-order valence-corrected chi connectivity index (χ2v) is 4.06. The van der Waals surface area contributed by atoms with Gasteiger partial charge in [0.25, 0.3) is 0 Å². The minimum atomic E-state index is -0.452. The fraction of sp³-hybridized carbons (Fsp3) is 0.286. The van der Waals surface area contributed by atoms with Crippen LogP contribution in [-0.4, -0.2) is 18.5 Å². The molecule has 2 N–H and O–H groups in total. The van der Waals surface area contributed by atoms with Crippen LogP contribution in [0.3, 0.4) is 0 Å². The van der Waals surface area contributed by atoms with E-state index in [1.165, 1.54) is 0 Å². The van der Waals surface area contributed by atoms with Gasteiger partial charge in [-0.2, -0.15) is 0 Å². The first-order valence-corrected chi connectivity index (χ1v) is 5.88. The highest BCUT2D eigenvalue weighted by atomic mass is 16.5. The molecule has 0 aliphatic carbocycles. The third kappa shape index (κ3) is 5.72. The topological polar surface area (TPSA) is 78.6 Å². The van der Waals surface area contributed by atoms with E-state index >= 15 is 0 Å². The molecule has 0 atom stereocenters. The number of hydrogen-bond acceptors (Lipinski definition) is 5. The highest BCUT2D eigenvalue weighted by Gasteiger charge is 2.07. The molecule has 0 bridgehead atoms. The molecule has 0 saturated carbocycles. The van der Waals surface area contributed by atoms with E-state index in [-0.39, 0.29) is 19.0 Å². The summed E-state index contributed by atoms with van der Waals surface area (Å²) in [6, 6.07) is 6.54. The first-order valence-electron chi connectivity index (χ1n) is 5.88. The molecular weight excluding hydrogens is 246 g/mol. The van der Waals surface area contributed by atoms with Crippen LogP contribution >= 0.6 is 0 Å². The van der Waals surface area contributed by atoms with Gasteiger partial charge in [-0.3, -0.25) is 4.79 Å². The largest absolute Gasteiger partial charge is 0.462 e. The minimum absolute atomic E-state index is 0.169. The van der Waals surface area contributed by atoms with Gasteiger partial charge in [-0.1, -0.05) is 6.58 Å². The summed E-state index contributed by atoms with van der Waals surface area (Å²) in [4.78, 5) is 22.5. The number of hydrogen-bond donors (Lipinski definition) is 1. The molecule has 0 fully saturated rings. The summed E-state index contributed by atoms with van der Waals surface area (Å²) in [5, 5.41) is 0. The average Bonchev–Trinajstić information content (AvgIpc) is 2.37. The van der Waals surface area contributed by atoms with Gasteiger partial charge in [0.1, 0.15) is 5.75 Å². The van der Waals surface area contributed by atoms with Crippen LogP contribution < -0.4 is 10.5 Å². The van der Waals surface area contributed by atoms with Crippen LogP contribution in [0.4, 0.5) is 5.69 Å². The summed E-state index contributed by atoms with van der Waals surface area (Å²) in [6.45, 7) is 5.19. The molecule has 0 heterocycles. The van der Waals surface area contributed by atoms with Crippen LogP contribution in [-0.2, 0) is 14.3 Å². The summed E-state index contributed by atoms with van der Waals surface area (Å²) in [7, 11) is 0. The highest BCUT2D eigenvalue weighted by Crippen LogP contribution is 2.13. The average molecular weight is 263 g/mol. The molecule has 19 heavy (non-hydrogen) atoms. The van der Waals surface area contributed by atoms with Crippen molar-refractivity contribution in [3.8, 4) is 5.75 Å². The van der Waals surface area contributed by atoms with Crippen LogP contribution in [0.25, 0.3) is 0 Å². The maximum Gasteiger partial charge on any atom is 0.333 e. The van der Waals surface area contributed by atoms with Gasteiger partial charge in [-0.15, -0.1) is 0 Å². The summed E-state index contributed by atoms with van der Waals surface area (Å²) in [5.74, 6) is -0.388. The molecule has 1 aromatic carbocycles. The van der Waals surface area contributed by atoms with E-state index in [2.05, 4.69) is 6.58 Å². The standard InChI is InChI=1S/C14H17NO4/c1-10(2)14(17)18-9-3-4-13(16)19-12-7-5-11(15)6-8-12/h5-8H,1,3-4,9,15H2,2H3. The summed E-state index contributed by atoms with van der Waals surface area (Å²) >= 11 is 0. The zero-order chi connectivity index (χ0) is 14.3. The molecule has 0 spiro atoms. The van der Waals surface area contributed by atoms with Gasteiger partial charge in [0.2, 0.25) is 0 Å². The molecule has 0 radical (unpaired) electrons. The van der Waals surface area contributed by atoms with Gasteiger partial charge in [0.05, 0.1) is 6.61 Å². The Morgan fingerprint density at radius 1 is 1.26 bits per heavy atom. The minimum Gasteiger partial charge on any atom is -0.462 e. The van der Waals surface area contributed by atoms with E-state index in [9.17, 15) is 9.59 Å². The van der Waals surface area contributed by atoms with E-state index in [4.69, 9.17) is 15.2 Å². The molecule has 5 nitrogen and oxygen atoms in total. The van der Waals surface area contributed by atoms with E-state index < -0.39 is 5.97 Å². The molecule has 0 aliphatic heterocycles. The van der Waals surface area contributed by atoms with Gasteiger partial charge < -0.3 is 15.2 Å². The lowest BCUT2D eigenvalue weighted by atomic mass is 10.3. The van der Waals surface area contributed by atoms with Crippen molar-refractivity contribution in [2.75, 3.05) is 12.3 Å². The molecule has 1 rings (SSSR count). The Balaban J connectivity index is 2.23. The van der Waals surface area contributed by atoms with E-state index in [0.717, 1.165) is 0 Å². The molecule has 102 valence electrons. The fourth-order valence-electron chi connectivity index (χ4n) is 1.22. The van der Waals surface area contributed by atoms with Crippen LogP contribution in [0.2, 0.25) is 0 Å². The third-order valence-corrected chi connectivity index (χ3v) is 2.22. The van der Waals surface area contributed by atoms with Crippen molar-refractivity contribution in [1.82, 2.24) is 0 Å². The summed E-state index contributed by atoms with van der Waals surface area (Å²) < 4.78 is 9.93. The number of benzene rings is 1. The molecule has 0 saturated heterocycles. The van der Waals surface area contributed by atoms with Gasteiger partial charge in [0.15, 0.2) is 0 Å². The lowest BCUT2D eigenvalue weighted by Gasteiger charge is -2.05. The summed E-state index contributed by atoms with van der Waals surface area (Å²) in [5.41, 5.74) is 6.45. The Bertz CT molecular complexity index is 465. The molecule has 0 unspecified atom stereocenters. The molecule has 1 aromatic rings. The lowest BCUT2D eigenvalue weighted by molar-refractivity contribution is -0.141. The zero-order valence-corrected chi connectivity index (χ0v) is 10.8. The van der Waals surface area contributed by atoms with Gasteiger partial charge in [0, 0.05) is 17.7 Å². The first kappa shape index (κ1) is 14.8. The monoisotopic (exact) mass is 263 g/mol. The molecule has 0 aliphatic rings. The number of carbonyl (C=O) groups is 2.